The molecule has 0 saturated carbocycles. The van der Waals surface area contributed by atoms with Gasteiger partial charge in [-0.2, -0.15) is 0 Å². The summed E-state index contributed by atoms with van der Waals surface area (Å²) in [6.07, 6.45) is 1.91. The van der Waals surface area contributed by atoms with Gasteiger partial charge >= 0.3 is 0 Å². The quantitative estimate of drug-likeness (QED) is 0.838. The third-order valence-corrected chi connectivity index (χ3v) is 3.20. The molecule has 0 saturated heterocycles. The van der Waals surface area contributed by atoms with Gasteiger partial charge < -0.3 is 10.6 Å². The van der Waals surface area contributed by atoms with Crippen LogP contribution in [0.3, 0.4) is 0 Å². The molecule has 2 N–H and O–H groups in total. The van der Waals surface area contributed by atoms with Crippen molar-refractivity contribution in [3.8, 4) is 0 Å². The van der Waals surface area contributed by atoms with Crippen LogP contribution in [0.15, 0.2) is 35.3 Å². The third-order valence-electron chi connectivity index (χ3n) is 2.57. The van der Waals surface area contributed by atoms with Crippen LogP contribution in [0.2, 0.25) is 0 Å². The lowest BCUT2D eigenvalue weighted by molar-refractivity contribution is 0.815. The van der Waals surface area contributed by atoms with Gasteiger partial charge in [-0.1, -0.05) is 12.1 Å². The van der Waals surface area contributed by atoms with Crippen LogP contribution in [-0.2, 0) is 0 Å². The van der Waals surface area contributed by atoms with Gasteiger partial charge in [-0.15, -0.1) is 6.58 Å². The van der Waals surface area contributed by atoms with E-state index in [2.05, 4.69) is 52.5 Å². The Morgan fingerprint density at radius 2 is 2.25 bits per heavy atom. The zero-order valence-electron chi connectivity index (χ0n) is 9.91. The van der Waals surface area contributed by atoms with Crippen LogP contribution in [-0.4, -0.2) is 13.1 Å². The van der Waals surface area contributed by atoms with Gasteiger partial charge in [0, 0.05) is 23.6 Å². The van der Waals surface area contributed by atoms with E-state index >= 15 is 0 Å². The van der Waals surface area contributed by atoms with Crippen molar-refractivity contribution in [2.45, 2.75) is 19.9 Å². The van der Waals surface area contributed by atoms with E-state index < -0.39 is 0 Å². The number of rotatable bonds is 5. The smallest absolute Gasteiger partial charge is 0.0513 e. The Morgan fingerprint density at radius 1 is 1.56 bits per heavy atom. The second kappa shape index (κ2) is 6.06. The van der Waals surface area contributed by atoms with Crippen LogP contribution in [0.4, 0.5) is 5.69 Å². The summed E-state index contributed by atoms with van der Waals surface area (Å²) in [5.74, 6) is 0. The number of nitrogens with zero attached hydrogens (tertiary/aromatic N) is 1. The molecule has 0 unspecified atom stereocenters. The van der Waals surface area contributed by atoms with Gasteiger partial charge in [0.25, 0.3) is 0 Å². The Balaban J connectivity index is 3.01. The van der Waals surface area contributed by atoms with E-state index in [0.29, 0.717) is 0 Å². The first kappa shape index (κ1) is 13.3. The average molecular weight is 283 g/mol. The number of anilines is 1. The fraction of sp³-hybridized carbons (Fsp3) is 0.385. The van der Waals surface area contributed by atoms with Gasteiger partial charge in [-0.05, 0) is 47.5 Å². The van der Waals surface area contributed by atoms with Gasteiger partial charge in [0.05, 0.1) is 5.69 Å². The first-order valence-corrected chi connectivity index (χ1v) is 6.30. The van der Waals surface area contributed by atoms with E-state index in [1.54, 1.807) is 0 Å². The highest BCUT2D eigenvalue weighted by atomic mass is 79.9. The highest BCUT2D eigenvalue weighted by Gasteiger charge is 2.08. The van der Waals surface area contributed by atoms with Crippen LogP contribution in [0.25, 0.3) is 0 Å². The van der Waals surface area contributed by atoms with Crippen molar-refractivity contribution in [1.82, 2.24) is 0 Å². The minimum absolute atomic E-state index is 0.0693. The lowest BCUT2D eigenvalue weighted by atomic mass is 10.1. The third kappa shape index (κ3) is 3.09. The highest BCUT2D eigenvalue weighted by molar-refractivity contribution is 9.10. The molecule has 0 spiro atoms. The Labute approximate surface area is 106 Å². The molecule has 1 aromatic carbocycles. The first-order chi connectivity index (χ1) is 7.60. The molecule has 1 rings (SSSR count). The van der Waals surface area contributed by atoms with Crippen LogP contribution < -0.4 is 10.6 Å². The molecule has 0 aliphatic heterocycles. The van der Waals surface area contributed by atoms with Gasteiger partial charge in [0.15, 0.2) is 0 Å². The summed E-state index contributed by atoms with van der Waals surface area (Å²) in [4.78, 5) is 2.25. The van der Waals surface area contributed by atoms with E-state index in [1.807, 2.05) is 13.0 Å². The lowest BCUT2D eigenvalue weighted by Gasteiger charge is -2.23. The molecule has 88 valence electrons. The number of hydrogen-bond donors (Lipinski definition) is 1. The standard InChI is InChI=1S/C13H19BrN2/c1-4-8-16(5-2)13-7-6-11(10(3)15)9-12(13)14/h4,6-7,9-10H,1,5,8,15H2,2-3H3/t10-/m0/s1. The van der Waals surface area contributed by atoms with Crippen molar-refractivity contribution >= 4 is 21.6 Å². The van der Waals surface area contributed by atoms with E-state index in [4.69, 9.17) is 5.73 Å². The second-order valence-electron chi connectivity index (χ2n) is 3.83. The predicted molar refractivity (Wildman–Crippen MR) is 74.8 cm³/mol. The molecule has 0 radical (unpaired) electrons. The van der Waals surface area contributed by atoms with E-state index in [9.17, 15) is 0 Å². The molecule has 0 aliphatic rings. The molecule has 0 fully saturated rings. The maximum absolute atomic E-state index is 5.85. The molecule has 16 heavy (non-hydrogen) atoms. The summed E-state index contributed by atoms with van der Waals surface area (Å²) < 4.78 is 1.09. The maximum Gasteiger partial charge on any atom is 0.0513 e. The largest absolute Gasteiger partial charge is 0.367 e. The molecule has 0 bridgehead atoms. The molecule has 3 heteroatoms. The summed E-state index contributed by atoms with van der Waals surface area (Å²) in [7, 11) is 0. The Morgan fingerprint density at radius 3 is 2.69 bits per heavy atom. The van der Waals surface area contributed by atoms with Gasteiger partial charge in [-0.25, -0.2) is 0 Å². The number of likely N-dealkylation sites (N-methyl/N-ethyl adjacent to an activating group) is 1. The molecule has 2 nitrogen and oxygen atoms in total. The molecule has 0 aliphatic carbocycles. The summed E-state index contributed by atoms with van der Waals surface area (Å²) in [5.41, 5.74) is 8.18. The van der Waals surface area contributed by atoms with Crippen molar-refractivity contribution < 1.29 is 0 Å². The molecule has 1 aromatic rings. The SMILES string of the molecule is C=CCN(CC)c1ccc([C@H](C)N)cc1Br. The number of hydrogen-bond acceptors (Lipinski definition) is 2. The zero-order chi connectivity index (χ0) is 12.1. The van der Waals surface area contributed by atoms with Gasteiger partial charge in [0.1, 0.15) is 0 Å². The lowest BCUT2D eigenvalue weighted by Crippen LogP contribution is -2.23. The molecule has 1 atom stereocenters. The maximum atomic E-state index is 5.85. The summed E-state index contributed by atoms with van der Waals surface area (Å²) in [5, 5.41) is 0. The average Bonchev–Trinajstić information content (AvgIpc) is 2.26. The van der Waals surface area contributed by atoms with Crippen molar-refractivity contribution in [2.75, 3.05) is 18.0 Å². The normalized spacial score (nSPS) is 12.2. The van der Waals surface area contributed by atoms with Crippen LogP contribution in [0.1, 0.15) is 25.5 Å². The highest BCUT2D eigenvalue weighted by Crippen LogP contribution is 2.28. The Hall–Kier alpha value is -0.800. The fourth-order valence-electron chi connectivity index (χ4n) is 1.62. The summed E-state index contributed by atoms with van der Waals surface area (Å²) in [6, 6.07) is 6.35. The van der Waals surface area contributed by atoms with Crippen molar-refractivity contribution in [3.05, 3.63) is 40.9 Å². The van der Waals surface area contributed by atoms with Crippen molar-refractivity contribution in [3.63, 3.8) is 0 Å². The summed E-state index contributed by atoms with van der Waals surface area (Å²) >= 11 is 3.60. The van der Waals surface area contributed by atoms with E-state index in [-0.39, 0.29) is 6.04 Å². The van der Waals surface area contributed by atoms with Crippen LogP contribution in [0.5, 0.6) is 0 Å². The van der Waals surface area contributed by atoms with E-state index in [0.717, 1.165) is 23.1 Å². The van der Waals surface area contributed by atoms with Crippen LogP contribution >= 0.6 is 15.9 Å². The Bertz CT molecular complexity index is 361. The zero-order valence-corrected chi connectivity index (χ0v) is 11.5. The topological polar surface area (TPSA) is 29.3 Å². The minimum Gasteiger partial charge on any atom is -0.367 e. The monoisotopic (exact) mass is 282 g/mol. The summed E-state index contributed by atoms with van der Waals surface area (Å²) in [6.45, 7) is 9.71. The predicted octanol–water partition coefficient (Wildman–Crippen LogP) is 3.48. The van der Waals surface area contributed by atoms with Crippen molar-refractivity contribution in [2.24, 2.45) is 5.73 Å². The first-order valence-electron chi connectivity index (χ1n) is 5.51. The minimum atomic E-state index is 0.0693. The number of benzene rings is 1. The van der Waals surface area contributed by atoms with Crippen LogP contribution in [0, 0.1) is 0 Å². The molecule has 0 amide bonds. The second-order valence-corrected chi connectivity index (χ2v) is 4.68. The fourth-order valence-corrected chi connectivity index (χ4v) is 2.26. The van der Waals surface area contributed by atoms with E-state index in [1.165, 1.54) is 5.69 Å². The number of halogens is 1. The Kier molecular flexibility index (Phi) is 5.03. The number of nitrogens with two attached hydrogens (primary N) is 1. The van der Waals surface area contributed by atoms with Crippen molar-refractivity contribution in [1.29, 1.82) is 0 Å². The molecule has 0 aromatic heterocycles. The molecule has 0 heterocycles. The van der Waals surface area contributed by atoms with Gasteiger partial charge in [-0.3, -0.25) is 0 Å². The van der Waals surface area contributed by atoms with Gasteiger partial charge in [0.2, 0.25) is 0 Å². The molecular formula is C13H19BrN2. The molecular weight excluding hydrogens is 264 g/mol.